The fourth-order valence-electron chi connectivity index (χ4n) is 2.00. The number of rotatable bonds is 2. The van der Waals surface area contributed by atoms with Crippen molar-refractivity contribution in [1.29, 1.82) is 0 Å². The number of fused-ring (bicyclic) bond motifs is 1. The molecule has 2 N–H and O–H groups in total. The van der Waals surface area contributed by atoms with E-state index in [0.29, 0.717) is 5.95 Å². The van der Waals surface area contributed by atoms with Gasteiger partial charge in [-0.05, 0) is 26.0 Å². The lowest BCUT2D eigenvalue weighted by Gasteiger charge is -2.12. The molecule has 3 rings (SSSR count). The molecule has 6 heteroatoms. The summed E-state index contributed by atoms with van der Waals surface area (Å²) in [4.78, 5) is 14.3. The largest absolute Gasteiger partial charge is 0.369 e. The van der Waals surface area contributed by atoms with Gasteiger partial charge in [0.25, 0.3) is 0 Å². The van der Waals surface area contributed by atoms with E-state index in [9.17, 15) is 0 Å². The van der Waals surface area contributed by atoms with Crippen LogP contribution in [0, 0.1) is 6.92 Å². The second kappa shape index (κ2) is 4.06. The smallest absolute Gasteiger partial charge is 0.203 e. The molecule has 1 unspecified atom stereocenters. The summed E-state index contributed by atoms with van der Waals surface area (Å²) in [5.41, 5.74) is 7.60. The van der Waals surface area contributed by atoms with Gasteiger partial charge in [-0.15, -0.1) is 11.3 Å². The van der Waals surface area contributed by atoms with Gasteiger partial charge in [0.2, 0.25) is 5.95 Å². The summed E-state index contributed by atoms with van der Waals surface area (Å²) in [7, 11) is 0. The highest BCUT2D eigenvalue weighted by Crippen LogP contribution is 2.28. The Kier molecular flexibility index (Phi) is 2.52. The van der Waals surface area contributed by atoms with Crippen molar-refractivity contribution in [3.05, 3.63) is 34.4 Å². The maximum Gasteiger partial charge on any atom is 0.203 e. The molecule has 0 aromatic carbocycles. The predicted octanol–water partition coefficient (Wildman–Crippen LogP) is 2.39. The molecule has 3 aromatic rings. The highest BCUT2D eigenvalue weighted by molar-refractivity contribution is 7.11. The third-order valence-corrected chi connectivity index (χ3v) is 3.94. The monoisotopic (exact) mass is 259 g/mol. The Morgan fingerprint density at radius 1 is 1.39 bits per heavy atom. The molecule has 3 aromatic heterocycles. The van der Waals surface area contributed by atoms with Crippen molar-refractivity contribution in [3.63, 3.8) is 0 Å². The van der Waals surface area contributed by atoms with Gasteiger partial charge >= 0.3 is 0 Å². The lowest BCUT2D eigenvalue weighted by atomic mass is 10.3. The molecule has 92 valence electrons. The molecule has 5 nitrogen and oxygen atoms in total. The SMILES string of the molecule is Cc1cnc(C(C)n2c(N)nc3cccnc32)s1. The van der Waals surface area contributed by atoms with Gasteiger partial charge in [0.15, 0.2) is 5.65 Å². The minimum atomic E-state index is 0.0450. The first-order valence-electron chi connectivity index (χ1n) is 5.67. The van der Waals surface area contributed by atoms with E-state index >= 15 is 0 Å². The first kappa shape index (κ1) is 11.2. The minimum Gasteiger partial charge on any atom is -0.369 e. The van der Waals surface area contributed by atoms with Gasteiger partial charge in [-0.2, -0.15) is 0 Å². The molecule has 0 aliphatic carbocycles. The van der Waals surface area contributed by atoms with Gasteiger partial charge in [0, 0.05) is 17.3 Å². The van der Waals surface area contributed by atoms with Gasteiger partial charge in [-0.1, -0.05) is 0 Å². The van der Waals surface area contributed by atoms with Crippen LogP contribution in [-0.2, 0) is 0 Å². The average Bonchev–Trinajstić information content (AvgIpc) is 2.91. The molecule has 0 saturated heterocycles. The van der Waals surface area contributed by atoms with Crippen molar-refractivity contribution in [2.75, 3.05) is 5.73 Å². The Bertz CT molecular complexity index is 699. The van der Waals surface area contributed by atoms with Gasteiger partial charge in [0.1, 0.15) is 10.5 Å². The number of aromatic nitrogens is 4. The number of thiazole rings is 1. The summed E-state index contributed by atoms with van der Waals surface area (Å²) in [6.07, 6.45) is 3.62. The number of pyridine rings is 1. The highest BCUT2D eigenvalue weighted by atomic mass is 32.1. The van der Waals surface area contributed by atoms with Crippen LogP contribution in [0.25, 0.3) is 11.2 Å². The summed E-state index contributed by atoms with van der Waals surface area (Å²) in [6.45, 7) is 4.10. The van der Waals surface area contributed by atoms with Crippen molar-refractivity contribution >= 4 is 28.4 Å². The number of nitrogens with two attached hydrogens (primary N) is 1. The third-order valence-electron chi connectivity index (χ3n) is 2.86. The summed E-state index contributed by atoms with van der Waals surface area (Å²) in [5, 5.41) is 1.02. The lowest BCUT2D eigenvalue weighted by Crippen LogP contribution is -2.10. The van der Waals surface area contributed by atoms with E-state index in [-0.39, 0.29) is 6.04 Å². The first-order chi connectivity index (χ1) is 8.66. The van der Waals surface area contributed by atoms with Gasteiger partial charge in [-0.3, -0.25) is 4.57 Å². The van der Waals surface area contributed by atoms with Crippen LogP contribution in [0.1, 0.15) is 22.9 Å². The van der Waals surface area contributed by atoms with Crippen LogP contribution in [0.2, 0.25) is 0 Å². The standard InChI is InChI=1S/C12H13N5S/c1-7-6-15-11(18-7)8(2)17-10-9(16-12(17)13)4-3-5-14-10/h3-6,8H,1-2H3,(H2,13,16). The first-order valence-corrected chi connectivity index (χ1v) is 6.49. The average molecular weight is 259 g/mol. The summed E-state index contributed by atoms with van der Waals surface area (Å²) in [6, 6.07) is 3.82. The number of nitrogens with zero attached hydrogens (tertiary/aromatic N) is 4. The minimum absolute atomic E-state index is 0.0450. The molecule has 0 fully saturated rings. The van der Waals surface area contributed by atoms with Crippen LogP contribution in [0.5, 0.6) is 0 Å². The van der Waals surface area contributed by atoms with Crippen LogP contribution in [-0.4, -0.2) is 19.5 Å². The van der Waals surface area contributed by atoms with Crippen molar-refractivity contribution in [2.45, 2.75) is 19.9 Å². The normalized spacial score (nSPS) is 13.0. The van der Waals surface area contributed by atoms with Crippen LogP contribution in [0.15, 0.2) is 24.5 Å². The summed E-state index contributed by atoms with van der Waals surface area (Å²) >= 11 is 1.67. The Hall–Kier alpha value is -1.95. The van der Waals surface area contributed by atoms with E-state index in [1.54, 1.807) is 17.5 Å². The fourth-order valence-corrected chi connectivity index (χ4v) is 2.82. The van der Waals surface area contributed by atoms with Gasteiger partial charge < -0.3 is 5.73 Å². The number of aryl methyl sites for hydroxylation is 1. The van der Waals surface area contributed by atoms with E-state index in [4.69, 9.17) is 5.73 Å². The molecule has 0 bridgehead atoms. The number of nitrogen functional groups attached to an aromatic ring is 1. The molecule has 1 atom stereocenters. The molecule has 0 amide bonds. The zero-order valence-corrected chi connectivity index (χ0v) is 11.0. The molecule has 0 saturated carbocycles. The molecule has 18 heavy (non-hydrogen) atoms. The van der Waals surface area contributed by atoms with E-state index in [1.807, 2.05) is 29.8 Å². The van der Waals surface area contributed by atoms with Gasteiger partial charge in [0.05, 0.1) is 6.04 Å². The molecule has 0 radical (unpaired) electrons. The topological polar surface area (TPSA) is 69.6 Å². The number of imidazole rings is 1. The van der Waals surface area contributed by atoms with Crippen molar-refractivity contribution in [2.24, 2.45) is 0 Å². The zero-order chi connectivity index (χ0) is 12.7. The summed E-state index contributed by atoms with van der Waals surface area (Å²) in [5.74, 6) is 0.476. The molecular formula is C12H13N5S. The summed E-state index contributed by atoms with van der Waals surface area (Å²) < 4.78 is 1.92. The fraction of sp³-hybridized carbons (Fsp3) is 0.250. The lowest BCUT2D eigenvalue weighted by molar-refractivity contribution is 0.657. The van der Waals surface area contributed by atoms with E-state index in [0.717, 1.165) is 16.2 Å². The molecule has 0 aliphatic rings. The quantitative estimate of drug-likeness (QED) is 0.767. The van der Waals surface area contributed by atoms with Crippen LogP contribution < -0.4 is 5.73 Å². The maximum absolute atomic E-state index is 5.99. The molecule has 3 heterocycles. The Balaban J connectivity index is 2.16. The van der Waals surface area contributed by atoms with Crippen LogP contribution in [0.4, 0.5) is 5.95 Å². The van der Waals surface area contributed by atoms with E-state index in [1.165, 1.54) is 4.88 Å². The van der Waals surface area contributed by atoms with Crippen LogP contribution >= 0.6 is 11.3 Å². The number of hydrogen-bond donors (Lipinski definition) is 1. The zero-order valence-electron chi connectivity index (χ0n) is 10.2. The van der Waals surface area contributed by atoms with E-state index in [2.05, 4.69) is 21.9 Å². The number of anilines is 1. The van der Waals surface area contributed by atoms with Crippen molar-refractivity contribution in [3.8, 4) is 0 Å². The Morgan fingerprint density at radius 2 is 2.22 bits per heavy atom. The molecule has 0 aliphatic heterocycles. The third kappa shape index (κ3) is 1.65. The van der Waals surface area contributed by atoms with E-state index < -0.39 is 0 Å². The van der Waals surface area contributed by atoms with Crippen LogP contribution in [0.3, 0.4) is 0 Å². The second-order valence-corrected chi connectivity index (χ2v) is 5.44. The van der Waals surface area contributed by atoms with Crippen molar-refractivity contribution in [1.82, 2.24) is 19.5 Å². The second-order valence-electron chi connectivity index (χ2n) is 4.17. The molecular weight excluding hydrogens is 246 g/mol. The van der Waals surface area contributed by atoms with Crippen molar-refractivity contribution < 1.29 is 0 Å². The highest BCUT2D eigenvalue weighted by Gasteiger charge is 2.18. The Morgan fingerprint density at radius 3 is 2.94 bits per heavy atom. The van der Waals surface area contributed by atoms with Gasteiger partial charge in [-0.25, -0.2) is 15.0 Å². The Labute approximate surface area is 108 Å². The number of hydrogen-bond acceptors (Lipinski definition) is 5. The molecule has 0 spiro atoms. The predicted molar refractivity (Wildman–Crippen MR) is 72.6 cm³/mol. The maximum atomic E-state index is 5.99.